The highest BCUT2D eigenvalue weighted by Crippen LogP contribution is 2.31. The maximum atomic E-state index is 11.1. The highest BCUT2D eigenvalue weighted by molar-refractivity contribution is 5.90. The summed E-state index contributed by atoms with van der Waals surface area (Å²) in [5.41, 5.74) is 6.55. The monoisotopic (exact) mass is 350 g/mol. The fourth-order valence-corrected chi connectivity index (χ4v) is 2.32. The van der Waals surface area contributed by atoms with E-state index in [1.165, 1.54) is 7.05 Å². The van der Waals surface area contributed by atoms with E-state index in [1.807, 2.05) is 30.3 Å². The molecule has 0 radical (unpaired) electrons. The lowest BCUT2D eigenvalue weighted by molar-refractivity contribution is 0.203. The van der Waals surface area contributed by atoms with Crippen molar-refractivity contribution in [3.63, 3.8) is 0 Å². The molecule has 0 saturated carbocycles. The van der Waals surface area contributed by atoms with Gasteiger partial charge in [0.1, 0.15) is 23.0 Å². The number of anilines is 2. The number of rotatable bonds is 5. The third kappa shape index (κ3) is 4.05. The normalized spacial score (nSPS) is 10.2. The van der Waals surface area contributed by atoms with Crippen LogP contribution in [-0.2, 0) is 0 Å². The van der Waals surface area contributed by atoms with E-state index in [2.05, 4.69) is 0 Å². The molecule has 3 aromatic carbocycles. The van der Waals surface area contributed by atoms with E-state index in [4.69, 9.17) is 20.3 Å². The molecule has 3 rings (SSSR count). The second-order valence-electron chi connectivity index (χ2n) is 5.55. The minimum Gasteiger partial charge on any atom is -0.465 e. The van der Waals surface area contributed by atoms with Crippen molar-refractivity contribution in [2.24, 2.45) is 0 Å². The summed E-state index contributed by atoms with van der Waals surface area (Å²) in [6.45, 7) is 0. The Hall–Kier alpha value is -3.67. The van der Waals surface area contributed by atoms with Gasteiger partial charge in [0, 0.05) is 13.1 Å². The van der Waals surface area contributed by atoms with Crippen LogP contribution in [0.3, 0.4) is 0 Å². The van der Waals surface area contributed by atoms with Gasteiger partial charge in [0.25, 0.3) is 0 Å². The van der Waals surface area contributed by atoms with Crippen LogP contribution in [0.1, 0.15) is 0 Å². The fourth-order valence-electron chi connectivity index (χ4n) is 2.32. The summed E-state index contributed by atoms with van der Waals surface area (Å²) >= 11 is 0. The van der Waals surface area contributed by atoms with Gasteiger partial charge in [-0.25, -0.2) is 4.79 Å². The first-order valence-corrected chi connectivity index (χ1v) is 7.90. The smallest absolute Gasteiger partial charge is 0.411 e. The summed E-state index contributed by atoms with van der Waals surface area (Å²) in [5.74, 6) is 2.52. The predicted octanol–water partition coefficient (Wildman–Crippen LogP) is 4.97. The molecule has 6 nitrogen and oxygen atoms in total. The molecule has 0 fully saturated rings. The highest BCUT2D eigenvalue weighted by atomic mass is 16.5. The van der Waals surface area contributed by atoms with Crippen molar-refractivity contribution >= 4 is 17.5 Å². The Bertz CT molecular complexity index is 895. The van der Waals surface area contributed by atoms with E-state index in [1.54, 1.807) is 42.5 Å². The van der Waals surface area contributed by atoms with Crippen LogP contribution in [0, 0.1) is 0 Å². The standard InChI is InChI=1S/C20H18N2O4/c1-22(20(23)24)19-13-17(11-12-18(19)21)26-16-9-7-15(8-10-16)25-14-5-3-2-4-6-14/h2-13H,21H2,1H3,(H,23,24). The average Bonchev–Trinajstić information content (AvgIpc) is 2.65. The van der Waals surface area contributed by atoms with Crippen LogP contribution in [-0.4, -0.2) is 18.2 Å². The van der Waals surface area contributed by atoms with E-state index in [0.29, 0.717) is 28.6 Å². The maximum absolute atomic E-state index is 11.1. The molecule has 0 bridgehead atoms. The van der Waals surface area contributed by atoms with E-state index in [9.17, 15) is 4.79 Å². The zero-order chi connectivity index (χ0) is 18.5. The van der Waals surface area contributed by atoms with E-state index < -0.39 is 6.09 Å². The summed E-state index contributed by atoms with van der Waals surface area (Å²) in [7, 11) is 1.42. The summed E-state index contributed by atoms with van der Waals surface area (Å²) < 4.78 is 11.5. The van der Waals surface area contributed by atoms with Gasteiger partial charge >= 0.3 is 6.09 Å². The first-order chi connectivity index (χ1) is 12.5. The number of benzene rings is 3. The molecular weight excluding hydrogens is 332 g/mol. The summed E-state index contributed by atoms with van der Waals surface area (Å²) in [5, 5.41) is 9.11. The molecule has 0 aliphatic carbocycles. The van der Waals surface area contributed by atoms with Gasteiger partial charge in [-0.3, -0.25) is 4.90 Å². The second-order valence-corrected chi connectivity index (χ2v) is 5.55. The lowest BCUT2D eigenvalue weighted by Crippen LogP contribution is -2.24. The Labute approximate surface area is 151 Å². The number of carboxylic acid groups (broad SMARTS) is 1. The van der Waals surface area contributed by atoms with E-state index >= 15 is 0 Å². The van der Waals surface area contributed by atoms with Crippen LogP contribution in [0.4, 0.5) is 16.2 Å². The highest BCUT2D eigenvalue weighted by Gasteiger charge is 2.13. The molecule has 0 unspecified atom stereocenters. The minimum absolute atomic E-state index is 0.355. The van der Waals surface area contributed by atoms with Gasteiger partial charge in [0.2, 0.25) is 0 Å². The molecule has 0 spiro atoms. The number of nitrogens with zero attached hydrogens (tertiary/aromatic N) is 1. The van der Waals surface area contributed by atoms with Crippen LogP contribution in [0.25, 0.3) is 0 Å². The molecule has 0 atom stereocenters. The molecule has 26 heavy (non-hydrogen) atoms. The number of hydrogen-bond acceptors (Lipinski definition) is 4. The fraction of sp³-hybridized carbons (Fsp3) is 0.0500. The Morgan fingerprint density at radius 2 is 1.35 bits per heavy atom. The number of para-hydroxylation sites is 1. The van der Waals surface area contributed by atoms with Crippen molar-refractivity contribution < 1.29 is 19.4 Å². The molecule has 3 N–H and O–H groups in total. The maximum Gasteiger partial charge on any atom is 0.411 e. The lowest BCUT2D eigenvalue weighted by Gasteiger charge is -2.17. The number of hydrogen-bond donors (Lipinski definition) is 2. The quantitative estimate of drug-likeness (QED) is 0.635. The number of nitrogens with two attached hydrogens (primary N) is 1. The summed E-state index contributed by atoms with van der Waals surface area (Å²) in [6.07, 6.45) is -1.10. The molecule has 0 aromatic heterocycles. The Morgan fingerprint density at radius 3 is 1.92 bits per heavy atom. The van der Waals surface area contributed by atoms with Crippen molar-refractivity contribution in [2.45, 2.75) is 0 Å². The van der Waals surface area contributed by atoms with E-state index in [-0.39, 0.29) is 0 Å². The minimum atomic E-state index is -1.10. The lowest BCUT2D eigenvalue weighted by atomic mass is 10.2. The molecule has 0 aliphatic heterocycles. The topological polar surface area (TPSA) is 85.0 Å². The first-order valence-electron chi connectivity index (χ1n) is 7.90. The van der Waals surface area contributed by atoms with Crippen LogP contribution in [0.5, 0.6) is 23.0 Å². The Kier molecular flexibility index (Phi) is 4.94. The zero-order valence-corrected chi connectivity index (χ0v) is 14.1. The van der Waals surface area contributed by atoms with Gasteiger partial charge in [-0.05, 0) is 48.5 Å². The van der Waals surface area contributed by atoms with Crippen molar-refractivity contribution in [3.8, 4) is 23.0 Å². The number of nitrogen functional groups attached to an aromatic ring is 1. The predicted molar refractivity (Wildman–Crippen MR) is 100 cm³/mol. The summed E-state index contributed by atoms with van der Waals surface area (Å²) in [4.78, 5) is 12.2. The van der Waals surface area contributed by atoms with Crippen molar-refractivity contribution in [3.05, 3.63) is 72.8 Å². The van der Waals surface area contributed by atoms with Gasteiger partial charge < -0.3 is 20.3 Å². The first kappa shape index (κ1) is 17.2. The second kappa shape index (κ2) is 7.48. The van der Waals surface area contributed by atoms with Crippen molar-refractivity contribution in [2.75, 3.05) is 17.7 Å². The zero-order valence-electron chi connectivity index (χ0n) is 14.1. The van der Waals surface area contributed by atoms with E-state index in [0.717, 1.165) is 10.6 Å². The van der Waals surface area contributed by atoms with Crippen LogP contribution < -0.4 is 20.1 Å². The molecule has 6 heteroatoms. The largest absolute Gasteiger partial charge is 0.465 e. The molecule has 3 aromatic rings. The molecule has 0 heterocycles. The number of amides is 1. The van der Waals surface area contributed by atoms with Crippen LogP contribution >= 0.6 is 0 Å². The molecular formula is C20H18N2O4. The third-order valence-electron chi connectivity index (χ3n) is 3.69. The van der Waals surface area contributed by atoms with Gasteiger partial charge in [0.15, 0.2) is 0 Å². The third-order valence-corrected chi connectivity index (χ3v) is 3.69. The number of ether oxygens (including phenoxy) is 2. The van der Waals surface area contributed by atoms with Crippen LogP contribution in [0.2, 0.25) is 0 Å². The summed E-state index contributed by atoms with van der Waals surface area (Å²) in [6, 6.07) is 21.5. The molecule has 1 amide bonds. The van der Waals surface area contributed by atoms with Gasteiger partial charge in [0.05, 0.1) is 11.4 Å². The van der Waals surface area contributed by atoms with Gasteiger partial charge in [-0.2, -0.15) is 0 Å². The van der Waals surface area contributed by atoms with Gasteiger partial charge in [-0.1, -0.05) is 18.2 Å². The van der Waals surface area contributed by atoms with Gasteiger partial charge in [-0.15, -0.1) is 0 Å². The molecule has 0 saturated heterocycles. The van der Waals surface area contributed by atoms with Crippen LogP contribution in [0.15, 0.2) is 72.8 Å². The number of carbonyl (C=O) groups is 1. The SMILES string of the molecule is CN(C(=O)O)c1cc(Oc2ccc(Oc3ccccc3)cc2)ccc1N. The van der Waals surface area contributed by atoms with Crippen molar-refractivity contribution in [1.29, 1.82) is 0 Å². The molecule has 132 valence electrons. The Balaban J connectivity index is 1.73. The van der Waals surface area contributed by atoms with Crippen molar-refractivity contribution in [1.82, 2.24) is 0 Å². The average molecular weight is 350 g/mol. The Morgan fingerprint density at radius 1 is 0.846 bits per heavy atom. The molecule has 0 aliphatic rings.